The third kappa shape index (κ3) is 5.34. The number of aryl methyl sites for hydroxylation is 1. The first-order valence-corrected chi connectivity index (χ1v) is 5.51. The van der Waals surface area contributed by atoms with Gasteiger partial charge in [0.15, 0.2) is 0 Å². The van der Waals surface area contributed by atoms with E-state index < -0.39 is 0 Å². The summed E-state index contributed by atoms with van der Waals surface area (Å²) in [5.41, 5.74) is 0.918. The number of hydrogen-bond donors (Lipinski definition) is 1. The Hall–Kier alpha value is -1.58. The van der Waals surface area contributed by atoms with Gasteiger partial charge in [0.05, 0.1) is 0 Å². The smallest absolute Gasteiger partial charge is 0.250 e. The van der Waals surface area contributed by atoms with Crippen molar-refractivity contribution in [1.29, 1.82) is 0 Å². The second-order valence-corrected chi connectivity index (χ2v) is 3.22. The highest BCUT2D eigenvalue weighted by Gasteiger charge is 1.96. The number of nitrogens with zero attached hydrogens (tertiary/aromatic N) is 1. The van der Waals surface area contributed by atoms with Crippen molar-refractivity contribution in [1.82, 2.24) is 9.88 Å². The van der Waals surface area contributed by atoms with E-state index in [1.54, 1.807) is 16.8 Å². The zero-order chi connectivity index (χ0) is 12.6. The van der Waals surface area contributed by atoms with Crippen LogP contribution in [0.5, 0.6) is 0 Å². The number of hydrogen-bond acceptors (Lipinski definition) is 2. The summed E-state index contributed by atoms with van der Waals surface area (Å²) in [5, 5.41) is 2.64. The maximum absolute atomic E-state index is 11.4. The molecule has 4 nitrogen and oxygen atoms in total. The third-order valence-electron chi connectivity index (χ3n) is 1.88. The van der Waals surface area contributed by atoms with Crippen molar-refractivity contribution in [2.45, 2.75) is 34.2 Å². The SMILES string of the molecule is CC.CC(=O)NCCn1ccc(C)cc1=O. The van der Waals surface area contributed by atoms with E-state index in [-0.39, 0.29) is 11.5 Å². The van der Waals surface area contributed by atoms with Gasteiger partial charge in [-0.25, -0.2) is 0 Å². The van der Waals surface area contributed by atoms with Crippen molar-refractivity contribution in [3.05, 3.63) is 34.2 Å². The van der Waals surface area contributed by atoms with Crippen LogP contribution in [0.25, 0.3) is 0 Å². The minimum atomic E-state index is -0.0786. The normalized spacial score (nSPS) is 9.00. The van der Waals surface area contributed by atoms with Crippen LogP contribution in [0.3, 0.4) is 0 Å². The van der Waals surface area contributed by atoms with Crippen molar-refractivity contribution in [2.24, 2.45) is 0 Å². The molecule has 0 aliphatic rings. The molecule has 1 aromatic rings. The average molecular weight is 224 g/mol. The summed E-state index contributed by atoms with van der Waals surface area (Å²) in [6, 6.07) is 3.45. The van der Waals surface area contributed by atoms with Crippen molar-refractivity contribution >= 4 is 5.91 Å². The van der Waals surface area contributed by atoms with Crippen LogP contribution in [0.1, 0.15) is 26.3 Å². The highest BCUT2D eigenvalue weighted by Crippen LogP contribution is 1.90. The molecule has 16 heavy (non-hydrogen) atoms. The molecule has 0 spiro atoms. The van der Waals surface area contributed by atoms with Crippen molar-refractivity contribution in [3.8, 4) is 0 Å². The van der Waals surface area contributed by atoms with Gasteiger partial charge in [0.2, 0.25) is 5.91 Å². The topological polar surface area (TPSA) is 51.1 Å². The van der Waals surface area contributed by atoms with Gasteiger partial charge in [-0.15, -0.1) is 0 Å². The van der Waals surface area contributed by atoms with E-state index in [9.17, 15) is 9.59 Å². The molecular formula is C12H20N2O2. The molecule has 1 heterocycles. The van der Waals surface area contributed by atoms with E-state index in [0.717, 1.165) is 5.56 Å². The first-order chi connectivity index (χ1) is 7.59. The highest BCUT2D eigenvalue weighted by atomic mass is 16.1. The van der Waals surface area contributed by atoms with Crippen LogP contribution in [-0.2, 0) is 11.3 Å². The molecule has 0 aliphatic heterocycles. The van der Waals surface area contributed by atoms with Gasteiger partial charge in [0, 0.05) is 32.3 Å². The highest BCUT2D eigenvalue weighted by molar-refractivity contribution is 5.72. The van der Waals surface area contributed by atoms with Crippen LogP contribution in [0.15, 0.2) is 23.1 Å². The molecule has 4 heteroatoms. The molecule has 1 rings (SSSR count). The molecule has 1 aromatic heterocycles. The molecule has 0 saturated heterocycles. The van der Waals surface area contributed by atoms with Crippen molar-refractivity contribution < 1.29 is 4.79 Å². The third-order valence-corrected chi connectivity index (χ3v) is 1.88. The number of aromatic nitrogens is 1. The molecule has 0 unspecified atom stereocenters. The van der Waals surface area contributed by atoms with Gasteiger partial charge in [0.1, 0.15) is 0 Å². The fourth-order valence-corrected chi connectivity index (χ4v) is 1.14. The summed E-state index contributed by atoms with van der Waals surface area (Å²) in [7, 11) is 0. The molecule has 0 bridgehead atoms. The first kappa shape index (κ1) is 14.4. The van der Waals surface area contributed by atoms with E-state index >= 15 is 0 Å². The lowest BCUT2D eigenvalue weighted by molar-refractivity contribution is -0.118. The Bertz CT molecular complexity index is 383. The van der Waals surface area contributed by atoms with Gasteiger partial charge in [-0.2, -0.15) is 0 Å². The predicted molar refractivity (Wildman–Crippen MR) is 65.5 cm³/mol. The Morgan fingerprint density at radius 3 is 2.56 bits per heavy atom. The van der Waals surface area contributed by atoms with Crippen molar-refractivity contribution in [2.75, 3.05) is 6.54 Å². The summed E-state index contributed by atoms with van der Waals surface area (Å²) in [6.45, 7) is 8.33. The van der Waals surface area contributed by atoms with E-state index in [1.165, 1.54) is 6.92 Å². The molecule has 0 fully saturated rings. The van der Waals surface area contributed by atoms with Crippen LogP contribution in [-0.4, -0.2) is 17.0 Å². The summed E-state index contributed by atoms with van der Waals surface area (Å²) in [6.07, 6.45) is 1.74. The summed E-state index contributed by atoms with van der Waals surface area (Å²) >= 11 is 0. The van der Waals surface area contributed by atoms with Gasteiger partial charge >= 0.3 is 0 Å². The average Bonchev–Trinajstić information content (AvgIpc) is 2.24. The largest absolute Gasteiger partial charge is 0.355 e. The lowest BCUT2D eigenvalue weighted by Crippen LogP contribution is -2.28. The number of pyridine rings is 1. The number of rotatable bonds is 3. The molecular weight excluding hydrogens is 204 g/mol. The van der Waals surface area contributed by atoms with Crippen LogP contribution in [0.4, 0.5) is 0 Å². The molecule has 1 amide bonds. The molecule has 90 valence electrons. The second kappa shape index (κ2) is 7.68. The maximum Gasteiger partial charge on any atom is 0.250 e. The van der Waals surface area contributed by atoms with Gasteiger partial charge in [-0.1, -0.05) is 13.8 Å². The Labute approximate surface area is 96.3 Å². The minimum Gasteiger partial charge on any atom is -0.355 e. The lowest BCUT2D eigenvalue weighted by atomic mass is 10.3. The van der Waals surface area contributed by atoms with Gasteiger partial charge in [-0.3, -0.25) is 9.59 Å². The summed E-state index contributed by atoms with van der Waals surface area (Å²) in [5.74, 6) is -0.0786. The van der Waals surface area contributed by atoms with Crippen LogP contribution < -0.4 is 10.9 Å². The molecule has 1 N–H and O–H groups in total. The Morgan fingerprint density at radius 1 is 1.44 bits per heavy atom. The van der Waals surface area contributed by atoms with Crippen LogP contribution in [0, 0.1) is 6.92 Å². The fraction of sp³-hybridized carbons (Fsp3) is 0.500. The molecule has 0 atom stereocenters. The van der Waals surface area contributed by atoms with Gasteiger partial charge in [-0.05, 0) is 18.6 Å². The molecule has 0 saturated carbocycles. The predicted octanol–water partition coefficient (Wildman–Crippen LogP) is 1.32. The molecule has 0 radical (unpaired) electrons. The zero-order valence-electron chi connectivity index (χ0n) is 10.4. The standard InChI is InChI=1S/C10H14N2O2.C2H6/c1-8-3-5-12(10(14)7-8)6-4-11-9(2)13;1-2/h3,5,7H,4,6H2,1-2H3,(H,11,13);1-2H3. The zero-order valence-corrected chi connectivity index (χ0v) is 10.4. The number of carbonyl (C=O) groups is 1. The van der Waals surface area contributed by atoms with E-state index in [0.29, 0.717) is 13.1 Å². The van der Waals surface area contributed by atoms with Gasteiger partial charge < -0.3 is 9.88 Å². The molecule has 0 aromatic carbocycles. The first-order valence-electron chi connectivity index (χ1n) is 5.51. The van der Waals surface area contributed by atoms with E-state index in [2.05, 4.69) is 5.32 Å². The van der Waals surface area contributed by atoms with Crippen LogP contribution in [0.2, 0.25) is 0 Å². The Balaban J connectivity index is 0.00000106. The Kier molecular flexibility index (Phi) is 6.92. The molecule has 0 aliphatic carbocycles. The maximum atomic E-state index is 11.4. The number of carbonyl (C=O) groups excluding carboxylic acids is 1. The van der Waals surface area contributed by atoms with Crippen molar-refractivity contribution in [3.63, 3.8) is 0 Å². The van der Waals surface area contributed by atoms with Gasteiger partial charge in [0.25, 0.3) is 5.56 Å². The van der Waals surface area contributed by atoms with E-state index in [1.807, 2.05) is 26.8 Å². The Morgan fingerprint density at radius 2 is 2.06 bits per heavy atom. The number of nitrogens with one attached hydrogen (secondary N) is 1. The summed E-state index contributed by atoms with van der Waals surface area (Å²) < 4.78 is 1.57. The van der Waals surface area contributed by atoms with Crippen LogP contribution >= 0.6 is 0 Å². The second-order valence-electron chi connectivity index (χ2n) is 3.22. The fourth-order valence-electron chi connectivity index (χ4n) is 1.14. The minimum absolute atomic E-state index is 0.0321. The quantitative estimate of drug-likeness (QED) is 0.841. The lowest BCUT2D eigenvalue weighted by Gasteiger charge is -2.05. The van der Waals surface area contributed by atoms with E-state index in [4.69, 9.17) is 0 Å². The number of amides is 1. The monoisotopic (exact) mass is 224 g/mol. The summed E-state index contributed by atoms with van der Waals surface area (Å²) in [4.78, 5) is 21.9.